The van der Waals surface area contributed by atoms with Crippen molar-refractivity contribution in [2.75, 3.05) is 0 Å². The monoisotopic (exact) mass is 246 g/mol. The fourth-order valence-corrected chi connectivity index (χ4v) is 2.80. The summed E-state index contributed by atoms with van der Waals surface area (Å²) in [7, 11) is 0. The van der Waals surface area contributed by atoms with Crippen LogP contribution >= 0.6 is 0 Å². The number of aliphatic carboxylic acids is 1. The molecule has 2 unspecified atom stereocenters. The van der Waals surface area contributed by atoms with E-state index in [1.54, 1.807) is 0 Å². The van der Waals surface area contributed by atoms with Gasteiger partial charge >= 0.3 is 5.97 Å². The Balaban J connectivity index is 2.15. The molecule has 0 aliphatic heterocycles. The molecule has 18 heavy (non-hydrogen) atoms. The average molecular weight is 246 g/mol. The fraction of sp³-hybridized carbons (Fsp3) is 0.467. The van der Waals surface area contributed by atoms with Crippen molar-refractivity contribution in [2.24, 2.45) is 11.8 Å². The molecule has 1 fully saturated rings. The van der Waals surface area contributed by atoms with Gasteiger partial charge in [0.25, 0.3) is 0 Å². The number of carbonyl (C=O) groups is 2. The highest BCUT2D eigenvalue weighted by Crippen LogP contribution is 2.33. The molecule has 3 nitrogen and oxygen atoms in total. The minimum absolute atomic E-state index is 0.102. The molecule has 0 saturated heterocycles. The third kappa shape index (κ3) is 2.61. The maximum absolute atomic E-state index is 12.3. The maximum atomic E-state index is 12.3. The van der Waals surface area contributed by atoms with Gasteiger partial charge in [-0.25, -0.2) is 0 Å². The Morgan fingerprint density at radius 3 is 2.11 bits per heavy atom. The SMILES string of the molecule is Cc1cc(C)cc(C(=O)C2CCC(C(=O)O)C2)c1. The molecule has 0 radical (unpaired) electrons. The van der Waals surface area contributed by atoms with Crippen LogP contribution in [-0.4, -0.2) is 16.9 Å². The number of carboxylic acid groups (broad SMARTS) is 1. The smallest absolute Gasteiger partial charge is 0.306 e. The molecule has 0 aromatic heterocycles. The Labute approximate surface area is 107 Å². The van der Waals surface area contributed by atoms with E-state index >= 15 is 0 Å². The summed E-state index contributed by atoms with van der Waals surface area (Å²) in [4.78, 5) is 23.2. The molecule has 1 N–H and O–H groups in total. The van der Waals surface area contributed by atoms with E-state index < -0.39 is 5.97 Å². The number of hydrogen-bond acceptors (Lipinski definition) is 2. The van der Waals surface area contributed by atoms with E-state index in [-0.39, 0.29) is 17.6 Å². The third-order valence-corrected chi connectivity index (χ3v) is 3.66. The van der Waals surface area contributed by atoms with Gasteiger partial charge < -0.3 is 5.11 Å². The lowest BCUT2D eigenvalue weighted by Gasteiger charge is -2.10. The van der Waals surface area contributed by atoms with E-state index in [4.69, 9.17) is 5.11 Å². The van der Waals surface area contributed by atoms with Crippen molar-refractivity contribution in [1.29, 1.82) is 0 Å². The number of benzene rings is 1. The lowest BCUT2D eigenvalue weighted by Crippen LogP contribution is -2.15. The molecule has 0 bridgehead atoms. The summed E-state index contributed by atoms with van der Waals surface area (Å²) in [6.07, 6.45) is 1.81. The van der Waals surface area contributed by atoms with Crippen molar-refractivity contribution in [2.45, 2.75) is 33.1 Å². The largest absolute Gasteiger partial charge is 0.481 e. The minimum Gasteiger partial charge on any atom is -0.481 e. The number of hydrogen-bond donors (Lipinski definition) is 1. The van der Waals surface area contributed by atoms with Crippen LogP contribution in [0.2, 0.25) is 0 Å². The van der Waals surface area contributed by atoms with Gasteiger partial charge in [0.1, 0.15) is 0 Å². The summed E-state index contributed by atoms with van der Waals surface area (Å²) in [6.45, 7) is 3.94. The Bertz CT molecular complexity index is 470. The topological polar surface area (TPSA) is 54.4 Å². The van der Waals surface area contributed by atoms with Crippen molar-refractivity contribution < 1.29 is 14.7 Å². The Morgan fingerprint density at radius 1 is 1.06 bits per heavy atom. The number of Topliss-reactive ketones (excluding diaryl/α,β-unsaturated/α-hetero) is 1. The predicted octanol–water partition coefficient (Wildman–Crippen LogP) is 2.99. The Morgan fingerprint density at radius 2 is 1.61 bits per heavy atom. The Hall–Kier alpha value is -1.64. The second kappa shape index (κ2) is 4.92. The van der Waals surface area contributed by atoms with Gasteiger partial charge in [-0.05, 0) is 45.2 Å². The zero-order valence-corrected chi connectivity index (χ0v) is 10.8. The summed E-state index contributed by atoms with van der Waals surface area (Å²) in [5, 5.41) is 8.96. The van der Waals surface area contributed by atoms with Gasteiger partial charge in [0.15, 0.2) is 5.78 Å². The number of carboxylic acids is 1. The van der Waals surface area contributed by atoms with Gasteiger partial charge in [-0.2, -0.15) is 0 Å². The predicted molar refractivity (Wildman–Crippen MR) is 68.7 cm³/mol. The fourth-order valence-electron chi connectivity index (χ4n) is 2.80. The third-order valence-electron chi connectivity index (χ3n) is 3.66. The van der Waals surface area contributed by atoms with Crippen molar-refractivity contribution >= 4 is 11.8 Å². The number of ketones is 1. The van der Waals surface area contributed by atoms with Crippen molar-refractivity contribution in [3.05, 3.63) is 34.9 Å². The molecule has 96 valence electrons. The standard InChI is InChI=1S/C15H18O3/c1-9-5-10(2)7-13(6-9)14(16)11-3-4-12(8-11)15(17)18/h5-7,11-12H,3-4,8H2,1-2H3,(H,17,18). The lowest BCUT2D eigenvalue weighted by atomic mass is 9.93. The maximum Gasteiger partial charge on any atom is 0.306 e. The van der Waals surface area contributed by atoms with Crippen LogP contribution in [0.5, 0.6) is 0 Å². The van der Waals surface area contributed by atoms with E-state index in [0.717, 1.165) is 16.7 Å². The minimum atomic E-state index is -0.772. The van der Waals surface area contributed by atoms with Gasteiger partial charge in [0.2, 0.25) is 0 Å². The second-order valence-corrected chi connectivity index (χ2v) is 5.29. The first-order valence-electron chi connectivity index (χ1n) is 6.32. The van der Waals surface area contributed by atoms with Crippen LogP contribution < -0.4 is 0 Å². The lowest BCUT2D eigenvalue weighted by molar-refractivity contribution is -0.141. The number of aryl methyl sites for hydroxylation is 2. The van der Waals surface area contributed by atoms with Crippen molar-refractivity contribution in [3.63, 3.8) is 0 Å². The molecule has 2 rings (SSSR count). The second-order valence-electron chi connectivity index (χ2n) is 5.29. The van der Waals surface area contributed by atoms with Crippen molar-refractivity contribution in [1.82, 2.24) is 0 Å². The van der Waals surface area contributed by atoms with Crippen LogP contribution in [0.4, 0.5) is 0 Å². The summed E-state index contributed by atoms with van der Waals surface area (Å²) in [5.74, 6) is -1.13. The van der Waals surface area contributed by atoms with E-state index in [2.05, 4.69) is 0 Å². The molecular formula is C15H18O3. The molecule has 0 spiro atoms. The van der Waals surface area contributed by atoms with E-state index in [9.17, 15) is 9.59 Å². The zero-order chi connectivity index (χ0) is 13.3. The zero-order valence-electron chi connectivity index (χ0n) is 10.8. The normalized spacial score (nSPS) is 23.0. The number of carbonyl (C=O) groups excluding carboxylic acids is 1. The van der Waals surface area contributed by atoms with Crippen LogP contribution in [-0.2, 0) is 4.79 Å². The molecule has 1 aromatic carbocycles. The highest BCUT2D eigenvalue weighted by Gasteiger charge is 2.34. The van der Waals surface area contributed by atoms with Crippen molar-refractivity contribution in [3.8, 4) is 0 Å². The number of rotatable bonds is 3. The average Bonchev–Trinajstić information content (AvgIpc) is 2.75. The van der Waals surface area contributed by atoms with Gasteiger partial charge in [0.05, 0.1) is 5.92 Å². The van der Waals surface area contributed by atoms with Gasteiger partial charge in [-0.15, -0.1) is 0 Å². The van der Waals surface area contributed by atoms with Gasteiger partial charge in [-0.1, -0.05) is 17.2 Å². The molecule has 2 atom stereocenters. The summed E-state index contributed by atoms with van der Waals surface area (Å²) in [5.41, 5.74) is 2.88. The highest BCUT2D eigenvalue weighted by atomic mass is 16.4. The van der Waals surface area contributed by atoms with E-state index in [1.165, 1.54) is 0 Å². The van der Waals surface area contributed by atoms with Crippen LogP contribution in [0.3, 0.4) is 0 Å². The van der Waals surface area contributed by atoms with Gasteiger partial charge in [0, 0.05) is 11.5 Å². The molecule has 1 aliphatic rings. The van der Waals surface area contributed by atoms with Gasteiger partial charge in [-0.3, -0.25) is 9.59 Å². The highest BCUT2D eigenvalue weighted by molar-refractivity contribution is 5.98. The quantitative estimate of drug-likeness (QED) is 0.834. The molecule has 1 aromatic rings. The molecular weight excluding hydrogens is 228 g/mol. The van der Waals surface area contributed by atoms with Crippen LogP contribution in [0.1, 0.15) is 40.7 Å². The first-order chi connectivity index (χ1) is 8.47. The first kappa shape index (κ1) is 12.8. The van der Waals surface area contributed by atoms with E-state index in [0.29, 0.717) is 19.3 Å². The summed E-state index contributed by atoms with van der Waals surface area (Å²) < 4.78 is 0. The van der Waals surface area contributed by atoms with Crippen LogP contribution in [0.15, 0.2) is 18.2 Å². The molecule has 1 saturated carbocycles. The summed E-state index contributed by atoms with van der Waals surface area (Å²) >= 11 is 0. The molecule has 0 heterocycles. The summed E-state index contributed by atoms with van der Waals surface area (Å²) in [6, 6.07) is 5.82. The van der Waals surface area contributed by atoms with Crippen LogP contribution in [0.25, 0.3) is 0 Å². The molecule has 3 heteroatoms. The molecule has 1 aliphatic carbocycles. The Kier molecular flexibility index (Phi) is 3.50. The van der Waals surface area contributed by atoms with Crippen LogP contribution in [0, 0.1) is 25.7 Å². The first-order valence-corrected chi connectivity index (χ1v) is 6.32. The molecule has 0 amide bonds. The van der Waals surface area contributed by atoms with E-state index in [1.807, 2.05) is 32.0 Å².